The number of carbonyl (C=O) groups is 2. The van der Waals surface area contributed by atoms with Crippen LogP contribution >= 0.6 is 0 Å². The predicted octanol–water partition coefficient (Wildman–Crippen LogP) is 3.04. The van der Waals surface area contributed by atoms with Crippen molar-refractivity contribution in [3.05, 3.63) is 69.5 Å². The van der Waals surface area contributed by atoms with Gasteiger partial charge in [-0.15, -0.1) is 0 Å². The molecule has 0 saturated heterocycles. The molecule has 0 aliphatic carbocycles. The van der Waals surface area contributed by atoms with Gasteiger partial charge < -0.3 is 14.8 Å². The van der Waals surface area contributed by atoms with Gasteiger partial charge in [0, 0.05) is 12.6 Å². The molecule has 1 atom stereocenters. The Hall–Kier alpha value is -3.49. The van der Waals surface area contributed by atoms with Crippen molar-refractivity contribution < 1.29 is 28.4 Å². The van der Waals surface area contributed by atoms with Crippen molar-refractivity contribution in [2.75, 3.05) is 13.2 Å². The molecule has 154 valence electrons. The molecule has 0 radical (unpaired) electrons. The predicted molar refractivity (Wildman–Crippen MR) is 102 cm³/mol. The number of nitro groups is 1. The molecule has 0 spiro atoms. The molecule has 0 unspecified atom stereocenters. The van der Waals surface area contributed by atoms with Gasteiger partial charge in [0.2, 0.25) is 0 Å². The summed E-state index contributed by atoms with van der Waals surface area (Å²) in [4.78, 5) is 34.8. The molecule has 0 fully saturated rings. The zero-order chi connectivity index (χ0) is 21.4. The van der Waals surface area contributed by atoms with Gasteiger partial charge in [-0.3, -0.25) is 14.9 Å². The summed E-state index contributed by atoms with van der Waals surface area (Å²) in [7, 11) is 0. The molecular weight excluding hydrogens is 383 g/mol. The fraction of sp³-hybridized carbons (Fsp3) is 0.300. The first-order chi connectivity index (χ1) is 13.8. The molecule has 1 amide bonds. The van der Waals surface area contributed by atoms with Crippen molar-refractivity contribution in [2.45, 2.75) is 26.4 Å². The van der Waals surface area contributed by atoms with Gasteiger partial charge in [-0.05, 0) is 50.1 Å². The second kappa shape index (κ2) is 10.2. The van der Waals surface area contributed by atoms with E-state index in [0.717, 1.165) is 11.6 Å². The van der Waals surface area contributed by atoms with Crippen LogP contribution in [0.1, 0.15) is 29.8 Å². The minimum absolute atomic E-state index is 0.0423. The second-order valence-corrected chi connectivity index (χ2v) is 6.09. The van der Waals surface area contributed by atoms with E-state index in [1.807, 2.05) is 0 Å². The minimum atomic E-state index is -1.10. The number of hydrogen-bond acceptors (Lipinski definition) is 6. The average Bonchev–Trinajstić information content (AvgIpc) is 2.69. The first-order valence-electron chi connectivity index (χ1n) is 8.96. The maximum atomic E-state index is 12.9. The highest BCUT2D eigenvalue weighted by atomic mass is 19.1. The number of nitrogens with one attached hydrogen (secondary N) is 1. The summed E-state index contributed by atoms with van der Waals surface area (Å²) in [6.07, 6.45) is -0.612. The molecule has 29 heavy (non-hydrogen) atoms. The highest BCUT2D eigenvalue weighted by Crippen LogP contribution is 2.28. The summed E-state index contributed by atoms with van der Waals surface area (Å²) in [6.45, 7) is 3.59. The Balaban J connectivity index is 1.91. The van der Waals surface area contributed by atoms with Gasteiger partial charge in [-0.1, -0.05) is 12.1 Å². The SMILES string of the molecule is CCOc1ccc(C(=O)O[C@H](C)C(=O)NCCc2ccc(F)cc2)cc1[N+](=O)[O-]. The van der Waals surface area contributed by atoms with E-state index in [0.29, 0.717) is 6.42 Å². The Labute approximate surface area is 166 Å². The van der Waals surface area contributed by atoms with Crippen molar-refractivity contribution in [3.63, 3.8) is 0 Å². The van der Waals surface area contributed by atoms with Crippen LogP contribution < -0.4 is 10.1 Å². The van der Waals surface area contributed by atoms with Crippen LogP contribution in [0, 0.1) is 15.9 Å². The molecule has 0 bridgehead atoms. The number of nitrogens with zero attached hydrogens (tertiary/aromatic N) is 1. The molecular formula is C20H21FN2O6. The largest absolute Gasteiger partial charge is 0.487 e. The smallest absolute Gasteiger partial charge is 0.339 e. The molecule has 2 aromatic rings. The Kier molecular flexibility index (Phi) is 7.64. The number of nitro benzene ring substituents is 1. The number of amides is 1. The monoisotopic (exact) mass is 404 g/mol. The van der Waals surface area contributed by atoms with E-state index in [1.165, 1.54) is 31.2 Å². The Morgan fingerprint density at radius 1 is 1.21 bits per heavy atom. The summed E-state index contributed by atoms with van der Waals surface area (Å²) in [6, 6.07) is 9.58. The first kappa shape index (κ1) is 21.8. The van der Waals surface area contributed by atoms with Crippen molar-refractivity contribution in [1.82, 2.24) is 5.32 Å². The van der Waals surface area contributed by atoms with Crippen LogP contribution in [0.2, 0.25) is 0 Å². The standard InChI is InChI=1S/C20H21FN2O6/c1-3-28-18-9-6-15(12-17(18)23(26)27)20(25)29-13(2)19(24)22-11-10-14-4-7-16(21)8-5-14/h4-9,12-13H,3,10-11H2,1-2H3,(H,22,24)/t13-/m1/s1. The lowest BCUT2D eigenvalue weighted by Gasteiger charge is -2.14. The molecule has 0 saturated carbocycles. The van der Waals surface area contributed by atoms with Crippen molar-refractivity contribution in [2.24, 2.45) is 0 Å². The number of hydrogen-bond donors (Lipinski definition) is 1. The Bertz CT molecular complexity index is 885. The number of rotatable bonds is 9. The van der Waals surface area contributed by atoms with Gasteiger partial charge in [-0.25, -0.2) is 9.18 Å². The highest BCUT2D eigenvalue weighted by Gasteiger charge is 2.22. The van der Waals surface area contributed by atoms with E-state index in [-0.39, 0.29) is 36.0 Å². The van der Waals surface area contributed by atoms with Crippen molar-refractivity contribution in [1.29, 1.82) is 0 Å². The van der Waals surface area contributed by atoms with Gasteiger partial charge in [-0.2, -0.15) is 0 Å². The van der Waals surface area contributed by atoms with E-state index in [1.54, 1.807) is 19.1 Å². The maximum absolute atomic E-state index is 12.9. The van der Waals surface area contributed by atoms with Crippen LogP contribution in [-0.2, 0) is 16.0 Å². The quantitative estimate of drug-likeness (QED) is 0.391. The molecule has 1 N–H and O–H groups in total. The summed E-state index contributed by atoms with van der Waals surface area (Å²) in [5, 5.41) is 13.8. The Morgan fingerprint density at radius 2 is 1.90 bits per heavy atom. The van der Waals surface area contributed by atoms with E-state index in [2.05, 4.69) is 5.32 Å². The molecule has 9 heteroatoms. The zero-order valence-electron chi connectivity index (χ0n) is 16.0. The number of benzene rings is 2. The summed E-state index contributed by atoms with van der Waals surface area (Å²) in [5.74, 6) is -1.67. The molecule has 8 nitrogen and oxygen atoms in total. The number of ether oxygens (including phenoxy) is 2. The highest BCUT2D eigenvalue weighted by molar-refractivity contribution is 5.93. The van der Waals surface area contributed by atoms with E-state index in [9.17, 15) is 24.1 Å². The normalized spacial score (nSPS) is 11.4. The van der Waals surface area contributed by atoms with Crippen LogP contribution in [-0.4, -0.2) is 36.1 Å². The molecule has 2 rings (SSSR count). The molecule has 0 aliphatic heterocycles. The summed E-state index contributed by atoms with van der Waals surface area (Å²) >= 11 is 0. The third-order valence-corrected chi connectivity index (χ3v) is 3.97. The van der Waals surface area contributed by atoms with Gasteiger partial charge >= 0.3 is 11.7 Å². The number of carbonyl (C=O) groups excluding carboxylic acids is 2. The Morgan fingerprint density at radius 3 is 2.52 bits per heavy atom. The van der Waals surface area contributed by atoms with E-state index >= 15 is 0 Å². The van der Waals surface area contributed by atoms with Crippen LogP contribution in [0.5, 0.6) is 5.75 Å². The lowest BCUT2D eigenvalue weighted by atomic mass is 10.1. The van der Waals surface area contributed by atoms with E-state index < -0.39 is 22.9 Å². The van der Waals surface area contributed by atoms with Gasteiger partial charge in [0.15, 0.2) is 11.9 Å². The molecule has 0 aliphatic rings. The van der Waals surface area contributed by atoms with Gasteiger partial charge in [0.1, 0.15) is 5.82 Å². The minimum Gasteiger partial charge on any atom is -0.487 e. The van der Waals surface area contributed by atoms with E-state index in [4.69, 9.17) is 9.47 Å². The van der Waals surface area contributed by atoms with Crippen LogP contribution in [0.4, 0.5) is 10.1 Å². The topological polar surface area (TPSA) is 108 Å². The molecule has 2 aromatic carbocycles. The number of halogens is 1. The average molecular weight is 404 g/mol. The third kappa shape index (κ3) is 6.27. The second-order valence-electron chi connectivity index (χ2n) is 6.09. The molecule has 0 heterocycles. The fourth-order valence-corrected chi connectivity index (χ4v) is 2.47. The van der Waals surface area contributed by atoms with Crippen molar-refractivity contribution >= 4 is 17.6 Å². The first-order valence-corrected chi connectivity index (χ1v) is 8.96. The maximum Gasteiger partial charge on any atom is 0.339 e. The van der Waals surface area contributed by atoms with Gasteiger partial charge in [0.05, 0.1) is 17.1 Å². The van der Waals surface area contributed by atoms with Crippen molar-refractivity contribution in [3.8, 4) is 5.75 Å². The van der Waals surface area contributed by atoms with Crippen LogP contribution in [0.25, 0.3) is 0 Å². The lowest BCUT2D eigenvalue weighted by molar-refractivity contribution is -0.385. The zero-order valence-corrected chi connectivity index (χ0v) is 16.0. The van der Waals surface area contributed by atoms with Gasteiger partial charge in [0.25, 0.3) is 5.91 Å². The molecule has 0 aromatic heterocycles. The fourth-order valence-electron chi connectivity index (χ4n) is 2.47. The van der Waals surface area contributed by atoms with Crippen LogP contribution in [0.3, 0.4) is 0 Å². The third-order valence-electron chi connectivity index (χ3n) is 3.97. The summed E-state index contributed by atoms with van der Waals surface area (Å²) < 4.78 is 23.1. The van der Waals surface area contributed by atoms with Crippen LogP contribution in [0.15, 0.2) is 42.5 Å². The lowest BCUT2D eigenvalue weighted by Crippen LogP contribution is -2.36. The number of esters is 1. The summed E-state index contributed by atoms with van der Waals surface area (Å²) in [5.41, 5.74) is 0.418.